The lowest BCUT2D eigenvalue weighted by Gasteiger charge is -2.26. The van der Waals surface area contributed by atoms with Gasteiger partial charge in [0.2, 0.25) is 0 Å². The highest BCUT2D eigenvalue weighted by Gasteiger charge is 2.23. The van der Waals surface area contributed by atoms with E-state index in [0.29, 0.717) is 22.9 Å². The van der Waals surface area contributed by atoms with Gasteiger partial charge in [-0.1, -0.05) is 38.1 Å². The summed E-state index contributed by atoms with van der Waals surface area (Å²) >= 11 is 0. The molecule has 0 atom stereocenters. The Morgan fingerprint density at radius 3 is 1.03 bits per heavy atom. The largest absolute Gasteiger partial charge is 0.457 e. The molecule has 4 aromatic carbocycles. The molecule has 33 heavy (non-hydrogen) atoms. The third-order valence-electron chi connectivity index (χ3n) is 5.59. The molecule has 0 aromatic heterocycles. The van der Waals surface area contributed by atoms with Crippen LogP contribution >= 0.6 is 0 Å². The zero-order chi connectivity index (χ0) is 23.3. The van der Waals surface area contributed by atoms with Crippen LogP contribution in [0.3, 0.4) is 0 Å². The topological polar surface area (TPSA) is 83.0 Å². The van der Waals surface area contributed by atoms with Gasteiger partial charge in [-0.15, -0.1) is 0 Å². The smallest absolute Gasteiger partial charge is 0.127 e. The zero-order valence-corrected chi connectivity index (χ0v) is 18.4. The number of rotatable bonds is 8. The molecular formula is C27H26N2O4. The molecule has 0 aliphatic rings. The Labute approximate surface area is 193 Å². The number of hydrogen-bond acceptors (Lipinski definition) is 6. The molecule has 4 aromatic rings. The summed E-state index contributed by atoms with van der Waals surface area (Å²) in [6.07, 6.45) is 0. The number of anilines is 2. The Hall–Kier alpha value is -4.00. The summed E-state index contributed by atoms with van der Waals surface area (Å²) in [5.74, 6) is 2.87. The predicted molar refractivity (Wildman–Crippen MR) is 129 cm³/mol. The maximum Gasteiger partial charge on any atom is 0.127 e. The average molecular weight is 443 g/mol. The maximum atomic E-state index is 8.91. The van der Waals surface area contributed by atoms with Gasteiger partial charge >= 0.3 is 0 Å². The fourth-order valence-corrected chi connectivity index (χ4v) is 3.51. The van der Waals surface area contributed by atoms with E-state index < -0.39 is 0 Å². The van der Waals surface area contributed by atoms with Gasteiger partial charge in [0.15, 0.2) is 0 Å². The summed E-state index contributed by atoms with van der Waals surface area (Å²) in [4.78, 5) is 0. The lowest BCUT2D eigenvalue weighted by molar-refractivity contribution is 0.388. The van der Waals surface area contributed by atoms with Crippen molar-refractivity contribution in [1.29, 1.82) is 0 Å². The van der Waals surface area contributed by atoms with Crippen molar-refractivity contribution in [3.8, 4) is 23.0 Å². The van der Waals surface area contributed by atoms with E-state index in [-0.39, 0.29) is 5.41 Å². The predicted octanol–water partition coefficient (Wildman–Crippen LogP) is 7.20. The highest BCUT2D eigenvalue weighted by molar-refractivity contribution is 5.48. The first kappa shape index (κ1) is 22.2. The van der Waals surface area contributed by atoms with Crippen LogP contribution in [-0.4, -0.2) is 10.4 Å². The number of hydrogen-bond donors (Lipinski definition) is 4. The monoisotopic (exact) mass is 442 g/mol. The number of benzene rings is 4. The van der Waals surface area contributed by atoms with Crippen molar-refractivity contribution >= 4 is 11.4 Å². The third-order valence-corrected chi connectivity index (χ3v) is 5.59. The molecule has 0 saturated carbocycles. The lowest BCUT2D eigenvalue weighted by Crippen LogP contribution is -2.18. The molecule has 6 heteroatoms. The fourth-order valence-electron chi connectivity index (χ4n) is 3.51. The van der Waals surface area contributed by atoms with Crippen molar-refractivity contribution in [2.24, 2.45) is 0 Å². The minimum absolute atomic E-state index is 0.208. The summed E-state index contributed by atoms with van der Waals surface area (Å²) in [7, 11) is 0. The van der Waals surface area contributed by atoms with Crippen LogP contribution < -0.4 is 20.4 Å². The van der Waals surface area contributed by atoms with Gasteiger partial charge in [-0.05, 0) is 83.9 Å². The van der Waals surface area contributed by atoms with Crippen LogP contribution in [0.4, 0.5) is 11.4 Å². The van der Waals surface area contributed by atoms with Crippen molar-refractivity contribution in [2.45, 2.75) is 19.3 Å². The molecule has 0 unspecified atom stereocenters. The molecule has 0 amide bonds. The van der Waals surface area contributed by atoms with Crippen molar-refractivity contribution in [2.75, 3.05) is 11.0 Å². The van der Waals surface area contributed by atoms with Gasteiger partial charge in [0.25, 0.3) is 0 Å². The minimum atomic E-state index is -0.208. The van der Waals surface area contributed by atoms with Crippen LogP contribution in [-0.2, 0) is 5.41 Å². The van der Waals surface area contributed by atoms with Gasteiger partial charge in [0, 0.05) is 5.41 Å². The summed E-state index contributed by atoms with van der Waals surface area (Å²) in [6, 6.07) is 30.2. The number of ether oxygens (including phenoxy) is 2. The molecule has 0 saturated heterocycles. The quantitative estimate of drug-likeness (QED) is 0.216. The average Bonchev–Trinajstić information content (AvgIpc) is 2.86. The van der Waals surface area contributed by atoms with Gasteiger partial charge in [-0.25, -0.2) is 0 Å². The van der Waals surface area contributed by atoms with E-state index in [0.717, 1.165) is 22.6 Å². The molecule has 6 nitrogen and oxygen atoms in total. The second kappa shape index (κ2) is 9.65. The van der Waals surface area contributed by atoms with Crippen molar-refractivity contribution in [3.63, 3.8) is 0 Å². The van der Waals surface area contributed by atoms with Crippen molar-refractivity contribution < 1.29 is 19.9 Å². The molecule has 0 heterocycles. The first-order chi connectivity index (χ1) is 16.0. The summed E-state index contributed by atoms with van der Waals surface area (Å²) < 4.78 is 11.8. The Balaban J connectivity index is 1.44. The molecule has 4 N–H and O–H groups in total. The maximum absolute atomic E-state index is 8.91. The molecule has 0 bridgehead atoms. The molecule has 0 fully saturated rings. The van der Waals surface area contributed by atoms with E-state index in [1.165, 1.54) is 0 Å². The van der Waals surface area contributed by atoms with Gasteiger partial charge < -0.3 is 9.47 Å². The Bertz CT molecular complexity index is 1080. The van der Waals surface area contributed by atoms with Crippen LogP contribution in [0.1, 0.15) is 25.0 Å². The highest BCUT2D eigenvalue weighted by atomic mass is 16.5. The molecule has 0 aliphatic carbocycles. The normalized spacial score (nSPS) is 11.0. The van der Waals surface area contributed by atoms with Gasteiger partial charge in [-0.2, -0.15) is 0 Å². The van der Waals surface area contributed by atoms with Crippen LogP contribution in [0.2, 0.25) is 0 Å². The van der Waals surface area contributed by atoms with E-state index in [2.05, 4.69) is 49.1 Å². The SMILES string of the molecule is CC(C)(c1ccc(Oc2ccc(NO)cc2)cc1)c1ccc(Oc2ccc(NO)cc2)cc1. The van der Waals surface area contributed by atoms with Crippen LogP contribution in [0.15, 0.2) is 97.1 Å². The summed E-state index contributed by atoms with van der Waals surface area (Å²) in [5, 5.41) is 17.8. The van der Waals surface area contributed by atoms with Crippen molar-refractivity contribution in [1.82, 2.24) is 0 Å². The Morgan fingerprint density at radius 2 is 0.758 bits per heavy atom. The van der Waals surface area contributed by atoms with Gasteiger partial charge in [-0.3, -0.25) is 21.4 Å². The van der Waals surface area contributed by atoms with E-state index in [9.17, 15) is 0 Å². The lowest BCUT2D eigenvalue weighted by atomic mass is 9.78. The summed E-state index contributed by atoms with van der Waals surface area (Å²) in [6.45, 7) is 4.36. The van der Waals surface area contributed by atoms with E-state index in [4.69, 9.17) is 19.9 Å². The third kappa shape index (κ3) is 5.26. The Kier molecular flexibility index (Phi) is 6.49. The van der Waals surface area contributed by atoms with Gasteiger partial charge in [0.05, 0.1) is 11.4 Å². The second-order valence-electron chi connectivity index (χ2n) is 8.15. The molecule has 0 radical (unpaired) electrons. The van der Waals surface area contributed by atoms with Gasteiger partial charge in [0.1, 0.15) is 23.0 Å². The van der Waals surface area contributed by atoms with E-state index in [1.807, 2.05) is 24.3 Å². The second-order valence-corrected chi connectivity index (χ2v) is 8.15. The fraction of sp³-hybridized carbons (Fsp3) is 0.111. The highest BCUT2D eigenvalue weighted by Crippen LogP contribution is 2.34. The molecule has 4 rings (SSSR count). The van der Waals surface area contributed by atoms with E-state index in [1.54, 1.807) is 48.5 Å². The Morgan fingerprint density at radius 1 is 0.485 bits per heavy atom. The molecule has 168 valence electrons. The van der Waals surface area contributed by atoms with Crippen LogP contribution in [0.5, 0.6) is 23.0 Å². The zero-order valence-electron chi connectivity index (χ0n) is 18.4. The van der Waals surface area contributed by atoms with Crippen LogP contribution in [0, 0.1) is 0 Å². The van der Waals surface area contributed by atoms with Crippen LogP contribution in [0.25, 0.3) is 0 Å². The molecule has 0 aliphatic heterocycles. The minimum Gasteiger partial charge on any atom is -0.457 e. The first-order valence-electron chi connectivity index (χ1n) is 10.5. The van der Waals surface area contributed by atoms with Crippen molar-refractivity contribution in [3.05, 3.63) is 108 Å². The molecule has 0 spiro atoms. The molecular weight excluding hydrogens is 416 g/mol. The number of nitrogens with one attached hydrogen (secondary N) is 2. The standard InChI is InChI=1S/C27H26N2O4/c1-27(2,19-3-11-23(12-4-19)32-25-15-7-21(28-30)8-16-25)20-5-13-24(14-6-20)33-26-17-9-22(29-31)10-18-26/h3-18,28-31H,1-2H3. The van der Waals surface area contributed by atoms with E-state index >= 15 is 0 Å². The first-order valence-corrected chi connectivity index (χ1v) is 10.5. The summed E-state index contributed by atoms with van der Waals surface area (Å²) in [5.41, 5.74) is 7.53.